The molecule has 0 aliphatic rings. The summed E-state index contributed by atoms with van der Waals surface area (Å²) in [7, 11) is 0. The SMILES string of the molecule is N#Cc1cc(Br)ccc1NC(=O)c1ccc(C#CCO)s1. The van der Waals surface area contributed by atoms with Gasteiger partial charge in [0, 0.05) is 4.47 Å². The molecular formula is C15H9BrN2O2S. The van der Waals surface area contributed by atoms with E-state index in [1.165, 1.54) is 11.3 Å². The largest absolute Gasteiger partial charge is 0.384 e. The molecule has 2 rings (SSSR count). The Labute approximate surface area is 134 Å². The molecule has 0 fully saturated rings. The highest BCUT2D eigenvalue weighted by Crippen LogP contribution is 2.22. The second-order valence-electron chi connectivity index (χ2n) is 3.88. The third-order valence-electron chi connectivity index (χ3n) is 2.47. The van der Waals surface area contributed by atoms with Gasteiger partial charge in [-0.1, -0.05) is 27.8 Å². The lowest BCUT2D eigenvalue weighted by atomic mass is 10.2. The van der Waals surface area contributed by atoms with E-state index in [9.17, 15) is 4.79 Å². The highest BCUT2D eigenvalue weighted by molar-refractivity contribution is 9.10. The Morgan fingerprint density at radius 3 is 2.90 bits per heavy atom. The van der Waals surface area contributed by atoms with Crippen molar-refractivity contribution in [2.24, 2.45) is 0 Å². The van der Waals surface area contributed by atoms with Crippen LogP contribution in [0, 0.1) is 23.2 Å². The molecular weight excluding hydrogens is 352 g/mol. The Bertz CT molecular complexity index is 781. The number of rotatable bonds is 2. The molecule has 0 radical (unpaired) electrons. The topological polar surface area (TPSA) is 73.1 Å². The zero-order valence-electron chi connectivity index (χ0n) is 10.7. The average Bonchev–Trinajstić information content (AvgIpc) is 2.95. The van der Waals surface area contributed by atoms with Gasteiger partial charge in [-0.05, 0) is 30.3 Å². The van der Waals surface area contributed by atoms with Crippen molar-refractivity contribution in [2.75, 3.05) is 11.9 Å². The van der Waals surface area contributed by atoms with Crippen LogP contribution in [0.15, 0.2) is 34.8 Å². The lowest BCUT2D eigenvalue weighted by molar-refractivity contribution is 0.103. The highest BCUT2D eigenvalue weighted by atomic mass is 79.9. The van der Waals surface area contributed by atoms with Gasteiger partial charge in [-0.25, -0.2) is 0 Å². The van der Waals surface area contributed by atoms with Gasteiger partial charge >= 0.3 is 0 Å². The zero-order valence-corrected chi connectivity index (χ0v) is 13.1. The monoisotopic (exact) mass is 360 g/mol. The fraction of sp³-hybridized carbons (Fsp3) is 0.0667. The van der Waals surface area contributed by atoms with E-state index >= 15 is 0 Å². The van der Waals surface area contributed by atoms with Gasteiger partial charge < -0.3 is 10.4 Å². The maximum Gasteiger partial charge on any atom is 0.265 e. The first-order valence-corrected chi connectivity index (χ1v) is 7.45. The molecule has 0 aliphatic carbocycles. The number of aliphatic hydroxyl groups excluding tert-OH is 1. The minimum Gasteiger partial charge on any atom is -0.384 e. The van der Waals surface area contributed by atoms with Crippen molar-refractivity contribution in [2.45, 2.75) is 0 Å². The number of nitriles is 1. The smallest absolute Gasteiger partial charge is 0.265 e. The van der Waals surface area contributed by atoms with Crippen LogP contribution in [0.2, 0.25) is 0 Å². The molecule has 0 saturated carbocycles. The summed E-state index contributed by atoms with van der Waals surface area (Å²) in [5.74, 6) is 4.97. The van der Waals surface area contributed by atoms with Crippen molar-refractivity contribution in [1.82, 2.24) is 0 Å². The second-order valence-corrected chi connectivity index (χ2v) is 5.88. The maximum atomic E-state index is 12.1. The fourth-order valence-corrected chi connectivity index (χ4v) is 2.69. The molecule has 0 spiro atoms. The van der Waals surface area contributed by atoms with Crippen molar-refractivity contribution in [3.05, 3.63) is 50.1 Å². The van der Waals surface area contributed by atoms with Crippen molar-refractivity contribution < 1.29 is 9.90 Å². The van der Waals surface area contributed by atoms with Gasteiger partial charge in [-0.15, -0.1) is 11.3 Å². The summed E-state index contributed by atoms with van der Waals surface area (Å²) in [6.45, 7) is -0.218. The number of amides is 1. The molecule has 2 aromatic rings. The molecule has 0 unspecified atom stereocenters. The number of carbonyl (C=O) groups excluding carboxylic acids is 1. The molecule has 4 nitrogen and oxygen atoms in total. The summed E-state index contributed by atoms with van der Waals surface area (Å²) < 4.78 is 0.773. The lowest BCUT2D eigenvalue weighted by Gasteiger charge is -2.05. The number of thiophene rings is 1. The third kappa shape index (κ3) is 3.93. The summed E-state index contributed by atoms with van der Waals surface area (Å²) >= 11 is 4.51. The number of aliphatic hydroxyl groups is 1. The van der Waals surface area contributed by atoms with Crippen molar-refractivity contribution in [3.63, 3.8) is 0 Å². The van der Waals surface area contributed by atoms with Gasteiger partial charge in [0.05, 0.1) is 21.0 Å². The molecule has 1 aromatic heterocycles. The number of hydrogen-bond donors (Lipinski definition) is 2. The quantitative estimate of drug-likeness (QED) is 0.808. The molecule has 0 atom stereocenters. The summed E-state index contributed by atoms with van der Waals surface area (Å²) in [5, 5.41) is 20.4. The second kappa shape index (κ2) is 7.05. The van der Waals surface area contributed by atoms with Gasteiger partial charge in [0.25, 0.3) is 5.91 Å². The van der Waals surface area contributed by atoms with E-state index in [0.29, 0.717) is 21.0 Å². The van der Waals surface area contributed by atoms with Crippen molar-refractivity contribution in [1.29, 1.82) is 5.26 Å². The van der Waals surface area contributed by atoms with Crippen LogP contribution in [0.25, 0.3) is 0 Å². The van der Waals surface area contributed by atoms with E-state index in [1.54, 1.807) is 30.3 Å². The molecule has 0 bridgehead atoms. The summed E-state index contributed by atoms with van der Waals surface area (Å²) in [4.78, 5) is 13.3. The first-order chi connectivity index (χ1) is 10.1. The van der Waals surface area contributed by atoms with Gasteiger partial charge in [0.15, 0.2) is 0 Å². The van der Waals surface area contributed by atoms with Crippen LogP contribution in [0.3, 0.4) is 0 Å². The Hall–Kier alpha value is -2.12. The number of halogens is 1. The minimum absolute atomic E-state index is 0.218. The van der Waals surface area contributed by atoms with Gasteiger partial charge in [0.1, 0.15) is 12.7 Å². The van der Waals surface area contributed by atoms with Crippen LogP contribution >= 0.6 is 27.3 Å². The minimum atomic E-state index is -0.295. The molecule has 104 valence electrons. The standard InChI is InChI=1S/C15H9BrN2O2S/c16-11-3-5-13(10(8-11)9-17)18-15(20)14-6-4-12(21-14)2-1-7-19/h3-6,8,19H,7H2,(H,18,20). The predicted octanol–water partition coefficient (Wildman–Crippen LogP) is 2.98. The number of hydrogen-bond acceptors (Lipinski definition) is 4. The lowest BCUT2D eigenvalue weighted by Crippen LogP contribution is -2.11. The molecule has 21 heavy (non-hydrogen) atoms. The molecule has 1 amide bonds. The normalized spacial score (nSPS) is 9.38. The van der Waals surface area contributed by atoms with Gasteiger partial charge in [-0.2, -0.15) is 5.26 Å². The van der Waals surface area contributed by atoms with Crippen LogP contribution in [-0.4, -0.2) is 17.6 Å². The Kier molecular flexibility index (Phi) is 5.13. The van der Waals surface area contributed by atoms with Crippen LogP contribution in [0.5, 0.6) is 0 Å². The van der Waals surface area contributed by atoms with E-state index in [0.717, 1.165) is 4.47 Å². The van der Waals surface area contributed by atoms with Gasteiger partial charge in [-0.3, -0.25) is 4.79 Å². The fourth-order valence-electron chi connectivity index (χ4n) is 1.56. The molecule has 1 heterocycles. The zero-order chi connectivity index (χ0) is 15.2. The van der Waals surface area contributed by atoms with E-state index in [4.69, 9.17) is 10.4 Å². The van der Waals surface area contributed by atoms with Crippen LogP contribution in [0.1, 0.15) is 20.1 Å². The summed E-state index contributed by atoms with van der Waals surface area (Å²) in [6, 6.07) is 10.5. The molecule has 1 aromatic carbocycles. The summed E-state index contributed by atoms with van der Waals surface area (Å²) in [5.41, 5.74) is 0.844. The first-order valence-electron chi connectivity index (χ1n) is 5.84. The van der Waals surface area contributed by atoms with Crippen LogP contribution < -0.4 is 5.32 Å². The number of benzene rings is 1. The Morgan fingerprint density at radius 2 is 2.19 bits per heavy atom. The maximum absolute atomic E-state index is 12.1. The molecule has 0 aliphatic heterocycles. The predicted molar refractivity (Wildman–Crippen MR) is 85.1 cm³/mol. The van der Waals surface area contributed by atoms with E-state index < -0.39 is 0 Å². The Balaban J connectivity index is 2.19. The molecule has 0 saturated heterocycles. The summed E-state index contributed by atoms with van der Waals surface area (Å²) in [6.07, 6.45) is 0. The first kappa shape index (κ1) is 15.3. The van der Waals surface area contributed by atoms with E-state index in [-0.39, 0.29) is 12.5 Å². The van der Waals surface area contributed by atoms with Crippen LogP contribution in [-0.2, 0) is 0 Å². The number of nitrogens with zero attached hydrogens (tertiary/aromatic N) is 1. The van der Waals surface area contributed by atoms with Crippen molar-refractivity contribution >= 4 is 38.9 Å². The average molecular weight is 361 g/mol. The van der Waals surface area contributed by atoms with Crippen LogP contribution in [0.4, 0.5) is 5.69 Å². The molecule has 6 heteroatoms. The Morgan fingerprint density at radius 1 is 1.38 bits per heavy atom. The highest BCUT2D eigenvalue weighted by Gasteiger charge is 2.11. The van der Waals surface area contributed by atoms with E-state index in [2.05, 4.69) is 33.1 Å². The number of nitrogens with one attached hydrogen (secondary N) is 1. The third-order valence-corrected chi connectivity index (χ3v) is 3.96. The van der Waals surface area contributed by atoms with Gasteiger partial charge in [0.2, 0.25) is 0 Å². The van der Waals surface area contributed by atoms with Crippen molar-refractivity contribution in [3.8, 4) is 17.9 Å². The number of carbonyl (C=O) groups is 1. The molecule has 2 N–H and O–H groups in total. The number of anilines is 1. The van der Waals surface area contributed by atoms with E-state index in [1.807, 2.05) is 6.07 Å².